The largest absolute Gasteiger partial charge is 0.389 e. The highest BCUT2D eigenvalue weighted by atomic mass is 32.1. The second-order valence-corrected chi connectivity index (χ2v) is 5.96. The van der Waals surface area contributed by atoms with Crippen LogP contribution in [0.3, 0.4) is 0 Å². The molecule has 0 aromatic heterocycles. The van der Waals surface area contributed by atoms with E-state index in [0.29, 0.717) is 4.99 Å². The third kappa shape index (κ3) is 3.45. The maximum absolute atomic E-state index is 5.63. The maximum Gasteiger partial charge on any atom is 0.103 e. The van der Waals surface area contributed by atoms with Crippen molar-refractivity contribution in [1.82, 2.24) is 0 Å². The second kappa shape index (κ2) is 5.70. The van der Waals surface area contributed by atoms with Crippen molar-refractivity contribution < 1.29 is 0 Å². The lowest BCUT2D eigenvalue weighted by Crippen LogP contribution is -2.27. The standard InChI is InChI=1S/C15H22N2S/c1-11(2)9-10-17(14-7-8-14)13-5-3-12(4-6-13)15(16)18/h3-6,11,14H,7-10H2,1-2H3,(H2,16,18). The van der Waals surface area contributed by atoms with Crippen LogP contribution in [0.25, 0.3) is 0 Å². The summed E-state index contributed by atoms with van der Waals surface area (Å²) < 4.78 is 0. The molecule has 1 aromatic rings. The van der Waals surface area contributed by atoms with Crippen LogP contribution >= 0.6 is 12.2 Å². The predicted octanol–water partition coefficient (Wildman–Crippen LogP) is 3.34. The van der Waals surface area contributed by atoms with Gasteiger partial charge in [-0.25, -0.2) is 0 Å². The van der Waals surface area contributed by atoms with Gasteiger partial charge >= 0.3 is 0 Å². The van der Waals surface area contributed by atoms with Gasteiger partial charge in [0, 0.05) is 23.8 Å². The molecule has 18 heavy (non-hydrogen) atoms. The SMILES string of the molecule is CC(C)CCN(c1ccc(C(N)=S)cc1)C1CC1. The van der Waals surface area contributed by atoms with E-state index in [1.165, 1.54) is 24.9 Å². The van der Waals surface area contributed by atoms with Crippen molar-refractivity contribution in [2.45, 2.75) is 39.2 Å². The Morgan fingerprint density at radius 1 is 1.33 bits per heavy atom. The van der Waals surface area contributed by atoms with Crippen molar-refractivity contribution >= 4 is 22.9 Å². The summed E-state index contributed by atoms with van der Waals surface area (Å²) in [7, 11) is 0. The van der Waals surface area contributed by atoms with Gasteiger partial charge in [0.05, 0.1) is 0 Å². The molecule has 98 valence electrons. The van der Waals surface area contributed by atoms with Crippen molar-refractivity contribution in [3.63, 3.8) is 0 Å². The Bertz CT molecular complexity index is 407. The van der Waals surface area contributed by atoms with Gasteiger partial charge < -0.3 is 10.6 Å². The van der Waals surface area contributed by atoms with E-state index in [-0.39, 0.29) is 0 Å². The van der Waals surface area contributed by atoms with E-state index in [9.17, 15) is 0 Å². The lowest BCUT2D eigenvalue weighted by molar-refractivity contribution is 0.571. The monoisotopic (exact) mass is 262 g/mol. The first-order chi connectivity index (χ1) is 8.58. The van der Waals surface area contributed by atoms with Crippen LogP contribution in [0.4, 0.5) is 5.69 Å². The predicted molar refractivity (Wildman–Crippen MR) is 82.2 cm³/mol. The van der Waals surface area contributed by atoms with E-state index >= 15 is 0 Å². The van der Waals surface area contributed by atoms with Crippen molar-refractivity contribution in [2.24, 2.45) is 11.7 Å². The molecule has 0 spiro atoms. The second-order valence-electron chi connectivity index (χ2n) is 5.52. The number of nitrogens with two attached hydrogens (primary N) is 1. The summed E-state index contributed by atoms with van der Waals surface area (Å²) in [6.45, 7) is 5.71. The van der Waals surface area contributed by atoms with Gasteiger partial charge in [-0.15, -0.1) is 0 Å². The van der Waals surface area contributed by atoms with E-state index in [4.69, 9.17) is 18.0 Å². The van der Waals surface area contributed by atoms with Gasteiger partial charge in [-0.2, -0.15) is 0 Å². The molecule has 1 saturated carbocycles. The Morgan fingerprint density at radius 3 is 2.39 bits per heavy atom. The highest BCUT2D eigenvalue weighted by Gasteiger charge is 2.28. The molecule has 0 unspecified atom stereocenters. The fourth-order valence-corrected chi connectivity index (χ4v) is 2.26. The zero-order valence-electron chi connectivity index (χ0n) is 11.2. The Hall–Kier alpha value is -1.09. The third-order valence-electron chi connectivity index (χ3n) is 3.42. The zero-order valence-corrected chi connectivity index (χ0v) is 12.0. The van der Waals surface area contributed by atoms with Crippen LogP contribution in [0.5, 0.6) is 0 Å². The average Bonchev–Trinajstić information content (AvgIpc) is 3.14. The Kier molecular flexibility index (Phi) is 4.23. The van der Waals surface area contributed by atoms with Crippen LogP contribution in [0.15, 0.2) is 24.3 Å². The summed E-state index contributed by atoms with van der Waals surface area (Å²) in [6.07, 6.45) is 3.90. The molecule has 2 N–H and O–H groups in total. The van der Waals surface area contributed by atoms with Crippen LogP contribution in [0.2, 0.25) is 0 Å². The minimum atomic E-state index is 0.474. The first-order valence-corrected chi connectivity index (χ1v) is 7.15. The van der Waals surface area contributed by atoms with Crippen molar-refractivity contribution in [2.75, 3.05) is 11.4 Å². The maximum atomic E-state index is 5.63. The average molecular weight is 262 g/mol. The topological polar surface area (TPSA) is 29.3 Å². The molecule has 0 atom stereocenters. The molecule has 0 amide bonds. The van der Waals surface area contributed by atoms with E-state index < -0.39 is 0 Å². The number of nitrogens with zero attached hydrogens (tertiary/aromatic N) is 1. The molecule has 1 aliphatic rings. The third-order valence-corrected chi connectivity index (χ3v) is 3.65. The van der Waals surface area contributed by atoms with Gasteiger partial charge in [0.15, 0.2) is 0 Å². The molecular weight excluding hydrogens is 240 g/mol. The summed E-state index contributed by atoms with van der Waals surface area (Å²) in [5.41, 5.74) is 7.88. The fourth-order valence-electron chi connectivity index (χ4n) is 2.12. The van der Waals surface area contributed by atoms with Crippen molar-refractivity contribution in [3.05, 3.63) is 29.8 Å². The van der Waals surface area contributed by atoms with Crippen LogP contribution in [0, 0.1) is 5.92 Å². The highest BCUT2D eigenvalue weighted by molar-refractivity contribution is 7.80. The molecule has 0 radical (unpaired) electrons. The molecule has 2 nitrogen and oxygen atoms in total. The normalized spacial score (nSPS) is 14.8. The number of anilines is 1. The molecular formula is C15H22N2S. The molecule has 0 heterocycles. The van der Waals surface area contributed by atoms with E-state index in [1.807, 2.05) is 12.1 Å². The van der Waals surface area contributed by atoms with Crippen molar-refractivity contribution in [3.8, 4) is 0 Å². The Morgan fingerprint density at radius 2 is 1.94 bits per heavy atom. The minimum absolute atomic E-state index is 0.474. The summed E-state index contributed by atoms with van der Waals surface area (Å²) >= 11 is 4.98. The van der Waals surface area contributed by atoms with E-state index in [2.05, 4.69) is 30.9 Å². The lowest BCUT2D eigenvalue weighted by atomic mass is 10.1. The number of hydrogen-bond donors (Lipinski definition) is 1. The lowest BCUT2D eigenvalue weighted by Gasteiger charge is -2.25. The van der Waals surface area contributed by atoms with Gasteiger partial charge in [-0.3, -0.25) is 0 Å². The van der Waals surface area contributed by atoms with Gasteiger partial charge in [0.1, 0.15) is 4.99 Å². The molecule has 2 rings (SSSR count). The fraction of sp³-hybridized carbons (Fsp3) is 0.533. The number of rotatable bonds is 6. The van der Waals surface area contributed by atoms with Crippen LogP contribution in [-0.4, -0.2) is 17.6 Å². The van der Waals surface area contributed by atoms with Gasteiger partial charge in [-0.1, -0.05) is 26.1 Å². The van der Waals surface area contributed by atoms with Gasteiger partial charge in [0.25, 0.3) is 0 Å². The summed E-state index contributed by atoms with van der Waals surface area (Å²) in [5.74, 6) is 0.752. The van der Waals surface area contributed by atoms with Crippen LogP contribution in [-0.2, 0) is 0 Å². The number of benzene rings is 1. The molecule has 1 aromatic carbocycles. The Balaban J connectivity index is 2.07. The molecule has 0 saturated heterocycles. The molecule has 0 bridgehead atoms. The van der Waals surface area contributed by atoms with Gasteiger partial charge in [0.2, 0.25) is 0 Å². The number of thiocarbonyl (C=S) groups is 1. The quantitative estimate of drug-likeness (QED) is 0.797. The molecule has 1 aliphatic carbocycles. The zero-order chi connectivity index (χ0) is 13.1. The van der Waals surface area contributed by atoms with Crippen LogP contribution in [0.1, 0.15) is 38.7 Å². The minimum Gasteiger partial charge on any atom is -0.389 e. The van der Waals surface area contributed by atoms with Crippen LogP contribution < -0.4 is 10.6 Å². The van der Waals surface area contributed by atoms with Gasteiger partial charge in [-0.05, 0) is 49.4 Å². The van der Waals surface area contributed by atoms with E-state index in [1.54, 1.807) is 0 Å². The number of hydrogen-bond acceptors (Lipinski definition) is 2. The first kappa shape index (κ1) is 13.3. The summed E-state index contributed by atoms with van der Waals surface area (Å²) in [4.78, 5) is 3.00. The Labute approximate surface area is 115 Å². The van der Waals surface area contributed by atoms with Crippen molar-refractivity contribution in [1.29, 1.82) is 0 Å². The first-order valence-electron chi connectivity index (χ1n) is 6.74. The summed E-state index contributed by atoms with van der Waals surface area (Å²) in [5, 5.41) is 0. The smallest absolute Gasteiger partial charge is 0.103 e. The highest BCUT2D eigenvalue weighted by Crippen LogP contribution is 2.32. The van der Waals surface area contributed by atoms with E-state index in [0.717, 1.165) is 24.1 Å². The molecule has 3 heteroatoms. The summed E-state index contributed by atoms with van der Waals surface area (Å²) in [6, 6.07) is 9.10. The molecule has 1 fully saturated rings. The molecule has 0 aliphatic heterocycles.